The van der Waals surface area contributed by atoms with E-state index in [0.29, 0.717) is 33.4 Å². The molecule has 0 amide bonds. The second kappa shape index (κ2) is 9.51. The Morgan fingerprint density at radius 2 is 1.18 bits per heavy atom. The molecule has 1 heterocycles. The molecule has 0 atom stereocenters. The highest BCUT2D eigenvalue weighted by molar-refractivity contribution is 6.21. The van der Waals surface area contributed by atoms with Gasteiger partial charge in [-0.2, -0.15) is 0 Å². The van der Waals surface area contributed by atoms with Crippen molar-refractivity contribution in [2.24, 2.45) is 0 Å². The van der Waals surface area contributed by atoms with E-state index in [4.69, 9.17) is 12.3 Å². The van der Waals surface area contributed by atoms with Crippen LogP contribution in [0.25, 0.3) is 71.6 Å². The first kappa shape index (κ1) is 18.4. The summed E-state index contributed by atoms with van der Waals surface area (Å²) in [5.74, 6) is -0.0186. The zero-order valence-electron chi connectivity index (χ0n) is 33.2. The van der Waals surface area contributed by atoms with Gasteiger partial charge in [0.25, 0.3) is 0 Å². The Morgan fingerprint density at radius 3 is 1.89 bits per heavy atom. The molecule has 0 spiro atoms. The van der Waals surface area contributed by atoms with Gasteiger partial charge in [-0.05, 0) is 103 Å². The van der Waals surface area contributed by atoms with Gasteiger partial charge in [-0.15, -0.1) is 0 Å². The summed E-state index contributed by atoms with van der Waals surface area (Å²) in [6.07, 6.45) is 0. The molecule has 2 nitrogen and oxygen atoms in total. The zero-order chi connectivity index (χ0) is 37.8. The molecular formula is C43H32N2. The van der Waals surface area contributed by atoms with Crippen molar-refractivity contribution in [2.75, 3.05) is 0 Å². The van der Waals surface area contributed by atoms with E-state index in [1.807, 2.05) is 109 Å². The van der Waals surface area contributed by atoms with Gasteiger partial charge in [0, 0.05) is 23.4 Å². The Bertz CT molecular complexity index is 2740. The van der Waals surface area contributed by atoms with Gasteiger partial charge < -0.3 is 0 Å². The summed E-state index contributed by atoms with van der Waals surface area (Å²) in [7, 11) is 0. The molecule has 0 unspecified atom stereocenters. The Hall–Kier alpha value is -5.47. The highest BCUT2D eigenvalue weighted by Gasteiger charge is 2.35. The molecule has 0 radical (unpaired) electrons. The summed E-state index contributed by atoms with van der Waals surface area (Å²) < 4.78 is 79.1. The number of hydrogen-bond donors (Lipinski definition) is 0. The smallest absolute Gasteiger partial charge is 0.111 e. The highest BCUT2D eigenvalue weighted by atomic mass is 15.1. The third-order valence-electron chi connectivity index (χ3n) is 9.22. The first-order valence-corrected chi connectivity index (χ1v) is 15.0. The Kier molecular flexibility index (Phi) is 3.88. The maximum Gasteiger partial charge on any atom is 0.111 e. The molecule has 1 aliphatic rings. The summed E-state index contributed by atoms with van der Waals surface area (Å²) in [6.45, 7) is -8.21. The lowest BCUT2D eigenvalue weighted by molar-refractivity contribution is 0.660. The lowest BCUT2D eigenvalue weighted by Crippen LogP contribution is -2.14. The molecule has 0 fully saturated rings. The van der Waals surface area contributed by atoms with Gasteiger partial charge in [-0.1, -0.05) is 123 Å². The van der Waals surface area contributed by atoms with Crippen LogP contribution >= 0.6 is 0 Å². The van der Waals surface area contributed by atoms with Crippen molar-refractivity contribution in [3.8, 4) is 39.1 Å². The molecule has 0 N–H and O–H groups in total. The normalized spacial score (nSPS) is 17.2. The molecule has 9 rings (SSSR count). The summed E-state index contributed by atoms with van der Waals surface area (Å²) in [6, 6.07) is 43.7. The van der Waals surface area contributed by atoms with E-state index in [0.717, 1.165) is 38.2 Å². The van der Waals surface area contributed by atoms with Crippen LogP contribution in [0.15, 0.2) is 140 Å². The van der Waals surface area contributed by atoms with Crippen LogP contribution in [-0.2, 0) is 5.41 Å². The predicted octanol–water partition coefficient (Wildman–Crippen LogP) is 11.3. The minimum absolute atomic E-state index is 0.0186. The van der Waals surface area contributed by atoms with Gasteiger partial charge in [-0.25, -0.2) is 4.98 Å². The fraction of sp³-hybridized carbons (Fsp3) is 0.0930. The molecule has 1 aromatic heterocycles. The molecule has 1 aliphatic carbocycles. The second-order valence-corrected chi connectivity index (χ2v) is 11.7. The predicted molar refractivity (Wildman–Crippen MR) is 189 cm³/mol. The Labute approximate surface area is 275 Å². The van der Waals surface area contributed by atoms with Crippen molar-refractivity contribution in [3.05, 3.63) is 156 Å². The van der Waals surface area contributed by atoms with E-state index in [9.17, 15) is 0 Å². The number of imidazole rings is 1. The van der Waals surface area contributed by atoms with Crippen molar-refractivity contribution in [3.63, 3.8) is 0 Å². The summed E-state index contributed by atoms with van der Waals surface area (Å²) in [4.78, 5) is 4.52. The van der Waals surface area contributed by atoms with E-state index in [1.54, 1.807) is 34.9 Å². The summed E-state index contributed by atoms with van der Waals surface area (Å²) >= 11 is 0. The lowest BCUT2D eigenvalue weighted by atomic mass is 9.80. The van der Waals surface area contributed by atoms with Crippen molar-refractivity contribution < 1.29 is 12.3 Å². The van der Waals surface area contributed by atoms with Crippen molar-refractivity contribution in [1.29, 1.82) is 0 Å². The molecule has 45 heavy (non-hydrogen) atoms. The molecule has 0 saturated carbocycles. The SMILES string of the molecule is [2H]C([2H])([2H])c1nc2ccccc2n1-c1cccc(-c2c3ccccc3c(-c3ccc4c(c3)C(C([2H])([2H])[2H])(C([2H])([2H])[2H])c3ccccc3-4)c3ccccc23)c1. The quantitative estimate of drug-likeness (QED) is 0.189. The van der Waals surface area contributed by atoms with Crippen LogP contribution < -0.4 is 0 Å². The van der Waals surface area contributed by atoms with Crippen LogP contribution in [0.4, 0.5) is 0 Å². The molecule has 8 aromatic rings. The summed E-state index contributed by atoms with van der Waals surface area (Å²) in [5.41, 5.74) is 4.87. The average Bonchev–Trinajstić information content (AvgIpc) is 3.69. The van der Waals surface area contributed by atoms with Gasteiger partial charge in [-0.3, -0.25) is 4.57 Å². The second-order valence-electron chi connectivity index (χ2n) is 11.7. The standard InChI is InChI=1S/C43H32N2/c1-27-44-39-21-10-11-22-40(39)45(27)30-14-12-13-28(25-30)41-33-16-4-6-18-35(33)42(36-19-7-5-17-34(36)41)29-23-24-32-31-15-8-9-20-37(31)43(2,3)38(32)26-29/h4-26H,1-3H3/i1D3,2D3,3D3. The van der Waals surface area contributed by atoms with E-state index in [1.165, 1.54) is 0 Å². The molecule has 2 heteroatoms. The minimum atomic E-state index is -2.88. The number of benzene rings is 7. The fourth-order valence-corrected chi connectivity index (χ4v) is 7.27. The Morgan fingerprint density at radius 1 is 0.556 bits per heavy atom. The van der Waals surface area contributed by atoms with Crippen molar-refractivity contribution >= 4 is 32.6 Å². The van der Waals surface area contributed by atoms with Gasteiger partial charge in [0.15, 0.2) is 0 Å². The van der Waals surface area contributed by atoms with E-state index >= 15 is 0 Å². The van der Waals surface area contributed by atoms with Gasteiger partial charge in [0.05, 0.1) is 11.0 Å². The molecule has 0 bridgehead atoms. The third kappa shape index (κ3) is 3.72. The Balaban J connectivity index is 1.32. The van der Waals surface area contributed by atoms with E-state index < -0.39 is 26.0 Å². The van der Waals surface area contributed by atoms with E-state index in [2.05, 4.69) is 4.98 Å². The monoisotopic (exact) mass is 585 g/mol. The maximum atomic E-state index is 8.75. The highest BCUT2D eigenvalue weighted by Crippen LogP contribution is 2.51. The number of aromatic nitrogens is 2. The van der Waals surface area contributed by atoms with Crippen LogP contribution in [0.2, 0.25) is 0 Å². The first-order chi connectivity index (χ1) is 25.7. The van der Waals surface area contributed by atoms with Gasteiger partial charge in [0.1, 0.15) is 5.82 Å². The number of aryl methyl sites for hydroxylation is 1. The van der Waals surface area contributed by atoms with Crippen LogP contribution in [-0.4, -0.2) is 9.55 Å². The number of fused-ring (bicyclic) bond motifs is 6. The molecule has 7 aromatic carbocycles. The van der Waals surface area contributed by atoms with E-state index in [-0.39, 0.29) is 17.0 Å². The first-order valence-electron chi connectivity index (χ1n) is 19.5. The molecular weight excluding hydrogens is 544 g/mol. The van der Waals surface area contributed by atoms with Gasteiger partial charge >= 0.3 is 0 Å². The largest absolute Gasteiger partial charge is 0.297 e. The molecule has 0 saturated heterocycles. The average molecular weight is 586 g/mol. The van der Waals surface area contributed by atoms with Crippen LogP contribution in [0, 0.1) is 6.85 Å². The van der Waals surface area contributed by atoms with Crippen LogP contribution in [0.1, 0.15) is 43.0 Å². The summed E-state index contributed by atoms with van der Waals surface area (Å²) in [5, 5.41) is 3.65. The number of para-hydroxylation sites is 2. The van der Waals surface area contributed by atoms with Gasteiger partial charge in [0.2, 0.25) is 0 Å². The lowest BCUT2D eigenvalue weighted by Gasteiger charge is -2.23. The zero-order valence-corrected chi connectivity index (χ0v) is 24.2. The third-order valence-corrected chi connectivity index (χ3v) is 9.22. The minimum Gasteiger partial charge on any atom is -0.297 e. The topological polar surface area (TPSA) is 17.8 Å². The number of nitrogens with zero attached hydrogens (tertiary/aromatic N) is 2. The number of rotatable bonds is 3. The van der Waals surface area contributed by atoms with Crippen LogP contribution in [0.3, 0.4) is 0 Å². The molecule has 214 valence electrons. The van der Waals surface area contributed by atoms with Crippen LogP contribution in [0.5, 0.6) is 0 Å². The number of hydrogen-bond acceptors (Lipinski definition) is 1. The fourth-order valence-electron chi connectivity index (χ4n) is 7.27. The molecule has 0 aliphatic heterocycles. The maximum absolute atomic E-state index is 8.75. The van der Waals surface area contributed by atoms with Crippen molar-refractivity contribution in [1.82, 2.24) is 9.55 Å². The van der Waals surface area contributed by atoms with Crippen molar-refractivity contribution in [2.45, 2.75) is 26.0 Å².